The number of ether oxygens (including phenoxy) is 1. The van der Waals surface area contributed by atoms with Crippen LogP contribution in [0.15, 0.2) is 11.1 Å². The lowest BCUT2D eigenvalue weighted by Crippen LogP contribution is -2.46. The molecule has 1 heterocycles. The van der Waals surface area contributed by atoms with E-state index >= 15 is 0 Å². The third-order valence-corrected chi connectivity index (χ3v) is 3.50. The van der Waals surface area contributed by atoms with Crippen molar-refractivity contribution in [2.24, 2.45) is 0 Å². The molecule has 6 heteroatoms. The SMILES string of the molecule is CCC1(C(=O)O)NC(C(=O)OC(C)(C)C)=CS1. The van der Waals surface area contributed by atoms with Crippen LogP contribution in [0.3, 0.4) is 0 Å². The van der Waals surface area contributed by atoms with Crippen molar-refractivity contribution in [1.29, 1.82) is 0 Å². The molecule has 0 aromatic heterocycles. The lowest BCUT2D eigenvalue weighted by atomic mass is 10.2. The van der Waals surface area contributed by atoms with Gasteiger partial charge in [-0.1, -0.05) is 18.7 Å². The first kappa shape index (κ1) is 13.9. The predicted molar refractivity (Wildman–Crippen MR) is 65.3 cm³/mol. The van der Waals surface area contributed by atoms with Gasteiger partial charge in [0.1, 0.15) is 11.3 Å². The van der Waals surface area contributed by atoms with Crippen molar-refractivity contribution >= 4 is 23.7 Å². The average molecular weight is 259 g/mol. The van der Waals surface area contributed by atoms with Gasteiger partial charge in [0, 0.05) is 5.41 Å². The zero-order valence-corrected chi connectivity index (χ0v) is 11.2. The van der Waals surface area contributed by atoms with Gasteiger partial charge < -0.3 is 15.2 Å². The second-order valence-corrected chi connectivity index (χ2v) is 5.93. The molecular weight excluding hydrogens is 242 g/mol. The number of nitrogens with one attached hydrogen (secondary N) is 1. The van der Waals surface area contributed by atoms with E-state index in [1.807, 2.05) is 0 Å². The maximum atomic E-state index is 11.7. The van der Waals surface area contributed by atoms with Crippen LogP contribution in [0.2, 0.25) is 0 Å². The molecule has 0 aromatic carbocycles. The molecule has 17 heavy (non-hydrogen) atoms. The second-order valence-electron chi connectivity index (χ2n) is 4.76. The summed E-state index contributed by atoms with van der Waals surface area (Å²) < 4.78 is 5.16. The molecule has 1 atom stereocenters. The summed E-state index contributed by atoms with van der Waals surface area (Å²) in [5, 5.41) is 13.4. The molecule has 1 aliphatic heterocycles. The van der Waals surface area contributed by atoms with E-state index in [-0.39, 0.29) is 5.70 Å². The van der Waals surface area contributed by atoms with Gasteiger partial charge in [-0.2, -0.15) is 0 Å². The smallest absolute Gasteiger partial charge is 0.355 e. The largest absolute Gasteiger partial charge is 0.479 e. The first-order valence-electron chi connectivity index (χ1n) is 5.33. The number of carboxylic acids is 1. The van der Waals surface area contributed by atoms with Crippen molar-refractivity contribution < 1.29 is 19.4 Å². The summed E-state index contributed by atoms with van der Waals surface area (Å²) in [4.78, 5) is 21.7. The molecule has 1 aliphatic rings. The Morgan fingerprint density at radius 1 is 1.53 bits per heavy atom. The number of hydrogen-bond donors (Lipinski definition) is 2. The van der Waals surface area contributed by atoms with Gasteiger partial charge in [-0.3, -0.25) is 0 Å². The van der Waals surface area contributed by atoms with Crippen LogP contribution in [0.5, 0.6) is 0 Å². The van der Waals surface area contributed by atoms with Gasteiger partial charge in [0.2, 0.25) is 0 Å². The molecular formula is C11H17NO4S. The summed E-state index contributed by atoms with van der Waals surface area (Å²) in [7, 11) is 0. The first-order chi connectivity index (χ1) is 7.70. The first-order valence-corrected chi connectivity index (χ1v) is 6.21. The van der Waals surface area contributed by atoms with Crippen LogP contribution in [-0.4, -0.2) is 27.5 Å². The lowest BCUT2D eigenvalue weighted by Gasteiger charge is -2.24. The summed E-state index contributed by atoms with van der Waals surface area (Å²) in [6, 6.07) is 0. The third-order valence-electron chi connectivity index (χ3n) is 2.18. The van der Waals surface area contributed by atoms with E-state index in [2.05, 4.69) is 5.32 Å². The molecule has 96 valence electrons. The summed E-state index contributed by atoms with van der Waals surface area (Å²) in [5.74, 6) is -1.51. The van der Waals surface area contributed by atoms with Crippen molar-refractivity contribution in [3.63, 3.8) is 0 Å². The molecule has 0 aliphatic carbocycles. The zero-order chi connectivity index (χ0) is 13.3. The van der Waals surface area contributed by atoms with Gasteiger partial charge in [-0.05, 0) is 27.2 Å². The van der Waals surface area contributed by atoms with E-state index in [1.54, 1.807) is 27.7 Å². The molecule has 0 saturated heterocycles. The van der Waals surface area contributed by atoms with Gasteiger partial charge >= 0.3 is 11.9 Å². The highest BCUT2D eigenvalue weighted by Gasteiger charge is 2.43. The number of aliphatic carboxylic acids is 1. The van der Waals surface area contributed by atoms with Gasteiger partial charge in [-0.15, -0.1) is 0 Å². The topological polar surface area (TPSA) is 75.6 Å². The standard InChI is InChI=1S/C11H17NO4S/c1-5-11(9(14)15)12-7(6-17-11)8(13)16-10(2,3)4/h6,12H,5H2,1-4H3,(H,14,15). The Labute approximate surface area is 105 Å². The predicted octanol–water partition coefficient (Wildman–Crippen LogP) is 1.70. The molecule has 0 radical (unpaired) electrons. The van der Waals surface area contributed by atoms with Gasteiger partial charge in [0.05, 0.1) is 0 Å². The highest BCUT2D eigenvalue weighted by Crippen LogP contribution is 2.35. The maximum absolute atomic E-state index is 11.7. The van der Waals surface area contributed by atoms with Crippen molar-refractivity contribution in [3.05, 3.63) is 11.1 Å². The van der Waals surface area contributed by atoms with E-state index < -0.39 is 22.4 Å². The molecule has 1 rings (SSSR count). The van der Waals surface area contributed by atoms with Crippen LogP contribution in [-0.2, 0) is 14.3 Å². The van der Waals surface area contributed by atoms with Crippen LogP contribution in [0.25, 0.3) is 0 Å². The lowest BCUT2D eigenvalue weighted by molar-refractivity contribution is -0.150. The van der Waals surface area contributed by atoms with Crippen molar-refractivity contribution in [1.82, 2.24) is 5.32 Å². The normalized spacial score (nSPS) is 23.9. The summed E-state index contributed by atoms with van der Waals surface area (Å²) in [6.07, 6.45) is 0.371. The summed E-state index contributed by atoms with van der Waals surface area (Å²) in [5.41, 5.74) is -0.389. The minimum Gasteiger partial charge on any atom is -0.479 e. The van der Waals surface area contributed by atoms with Crippen molar-refractivity contribution in [3.8, 4) is 0 Å². The number of carboxylic acid groups (broad SMARTS) is 1. The Kier molecular flexibility index (Phi) is 3.76. The van der Waals surface area contributed by atoms with Crippen molar-refractivity contribution in [2.45, 2.75) is 44.6 Å². The van der Waals surface area contributed by atoms with Gasteiger partial charge in [0.25, 0.3) is 0 Å². The molecule has 0 aromatic rings. The second kappa shape index (κ2) is 4.60. The minimum atomic E-state index is -1.15. The Balaban J connectivity index is 2.73. The van der Waals surface area contributed by atoms with Crippen LogP contribution in [0, 0.1) is 0 Å². The van der Waals surface area contributed by atoms with E-state index in [9.17, 15) is 9.59 Å². The third kappa shape index (κ3) is 3.15. The molecule has 5 nitrogen and oxygen atoms in total. The number of rotatable bonds is 3. The molecule has 0 fully saturated rings. The number of esters is 1. The molecule has 0 spiro atoms. The molecule has 2 N–H and O–H groups in total. The highest BCUT2D eigenvalue weighted by molar-refractivity contribution is 8.04. The Hall–Kier alpha value is -1.17. The quantitative estimate of drug-likeness (QED) is 0.751. The highest BCUT2D eigenvalue weighted by atomic mass is 32.2. The number of carbonyl (C=O) groups excluding carboxylic acids is 1. The molecule has 0 bridgehead atoms. The molecule has 1 unspecified atom stereocenters. The fourth-order valence-corrected chi connectivity index (χ4v) is 2.21. The van der Waals surface area contributed by atoms with Gasteiger partial charge in [0.15, 0.2) is 4.87 Å². The zero-order valence-electron chi connectivity index (χ0n) is 10.4. The van der Waals surface area contributed by atoms with Crippen LogP contribution >= 0.6 is 11.8 Å². The number of hydrogen-bond acceptors (Lipinski definition) is 5. The number of thioether (sulfide) groups is 1. The van der Waals surface area contributed by atoms with Crippen LogP contribution in [0.1, 0.15) is 34.1 Å². The monoisotopic (exact) mass is 259 g/mol. The fraction of sp³-hybridized carbons (Fsp3) is 0.636. The Morgan fingerprint density at radius 2 is 2.12 bits per heavy atom. The average Bonchev–Trinajstić information content (AvgIpc) is 2.60. The maximum Gasteiger partial charge on any atom is 0.355 e. The fourth-order valence-electron chi connectivity index (χ4n) is 1.30. The van der Waals surface area contributed by atoms with E-state index in [4.69, 9.17) is 9.84 Å². The molecule has 0 amide bonds. The number of carbonyl (C=O) groups is 2. The van der Waals surface area contributed by atoms with E-state index in [1.165, 1.54) is 5.41 Å². The van der Waals surface area contributed by atoms with Crippen LogP contribution < -0.4 is 5.32 Å². The van der Waals surface area contributed by atoms with Crippen LogP contribution in [0.4, 0.5) is 0 Å². The summed E-state index contributed by atoms with van der Waals surface area (Å²) in [6.45, 7) is 7.04. The van der Waals surface area contributed by atoms with E-state index in [0.29, 0.717) is 6.42 Å². The molecule has 0 saturated carbocycles. The van der Waals surface area contributed by atoms with E-state index in [0.717, 1.165) is 11.8 Å². The minimum absolute atomic E-state index is 0.203. The Morgan fingerprint density at radius 3 is 2.47 bits per heavy atom. The van der Waals surface area contributed by atoms with Gasteiger partial charge in [-0.25, -0.2) is 9.59 Å². The van der Waals surface area contributed by atoms with Crippen molar-refractivity contribution in [2.75, 3.05) is 0 Å². The summed E-state index contributed by atoms with van der Waals surface area (Å²) >= 11 is 1.09. The Bertz CT molecular complexity index is 372.